The first kappa shape index (κ1) is 37.0. The summed E-state index contributed by atoms with van der Waals surface area (Å²) in [4.78, 5) is 30.5. The molecule has 2 aromatic carbocycles. The molecule has 1 amide bonds. The first-order valence-corrected chi connectivity index (χ1v) is 17.7. The van der Waals surface area contributed by atoms with E-state index in [1.54, 1.807) is 20.8 Å². The van der Waals surface area contributed by atoms with Crippen LogP contribution in [0.2, 0.25) is 0 Å². The molecule has 0 unspecified atom stereocenters. The summed E-state index contributed by atoms with van der Waals surface area (Å²) in [6.45, 7) is 6.26. The number of rotatable bonds is 8. The second-order valence-corrected chi connectivity index (χ2v) is 16.0. The van der Waals surface area contributed by atoms with Crippen LogP contribution in [0.1, 0.15) is 73.0 Å². The molecule has 0 N–H and O–H groups in total. The zero-order valence-electron chi connectivity index (χ0n) is 27.6. The number of hydrogen-bond acceptors (Lipinski definition) is 9. The number of esters is 1. The van der Waals surface area contributed by atoms with Crippen LogP contribution in [0, 0.1) is 0 Å². The molecular formula is C33H34F5N3O7S2. The van der Waals surface area contributed by atoms with E-state index in [0.29, 0.717) is 0 Å². The molecule has 1 fully saturated rings. The molecule has 50 heavy (non-hydrogen) atoms. The maximum absolute atomic E-state index is 15.9. The summed E-state index contributed by atoms with van der Waals surface area (Å²) >= 11 is 0.812. The molecule has 1 saturated heterocycles. The number of ether oxygens (including phenoxy) is 3. The molecule has 3 heterocycles. The van der Waals surface area contributed by atoms with Crippen LogP contribution in [-0.2, 0) is 30.7 Å². The number of imidazole rings is 1. The fraction of sp³-hybridized carbons (Fsp3) is 0.424. The number of amides is 1. The largest absolute Gasteiger partial charge is 0.484 e. The highest BCUT2D eigenvalue weighted by molar-refractivity contribution is 7.92. The summed E-state index contributed by atoms with van der Waals surface area (Å²) in [6.07, 6.45) is -5.65. The summed E-state index contributed by atoms with van der Waals surface area (Å²) < 4.78 is 117. The number of likely N-dealkylation sites (tertiary alicyclic amines) is 1. The molecule has 10 nitrogen and oxygen atoms in total. The van der Waals surface area contributed by atoms with Gasteiger partial charge in [-0.15, -0.1) is 11.3 Å². The third-order valence-corrected chi connectivity index (χ3v) is 11.5. The molecular weight excluding hydrogens is 710 g/mol. The number of nitrogens with zero attached hydrogens (tertiary/aromatic N) is 3. The van der Waals surface area contributed by atoms with Gasteiger partial charge < -0.3 is 19.1 Å². The molecule has 0 aliphatic carbocycles. The SMILES string of the molecule is COC(=O)c1sc(-n2cnc3ccc(C(F)(F)S(=O)(=O)C4CCN(C(=O)OC(C)(C)C)CC4)cc32)cc1O[C@H](C)c1ccccc1C(F)(F)F. The first-order chi connectivity index (χ1) is 23.2. The molecule has 1 aliphatic rings. The maximum Gasteiger partial charge on any atom is 0.416 e. The monoisotopic (exact) mass is 743 g/mol. The average Bonchev–Trinajstić information content (AvgIpc) is 3.67. The number of carbonyl (C=O) groups is 2. The Balaban J connectivity index is 1.44. The van der Waals surface area contributed by atoms with E-state index in [0.717, 1.165) is 36.6 Å². The molecule has 4 aromatic rings. The van der Waals surface area contributed by atoms with Gasteiger partial charge in [0.05, 0.1) is 29.0 Å². The molecule has 1 aliphatic heterocycles. The van der Waals surface area contributed by atoms with Crippen molar-refractivity contribution in [3.8, 4) is 10.8 Å². The lowest BCUT2D eigenvalue weighted by Crippen LogP contribution is -2.47. The number of fused-ring (bicyclic) bond motifs is 1. The third kappa shape index (κ3) is 7.29. The number of halogens is 5. The van der Waals surface area contributed by atoms with Gasteiger partial charge in [-0.25, -0.2) is 23.0 Å². The second kappa shape index (κ2) is 13.5. The summed E-state index contributed by atoms with van der Waals surface area (Å²) in [5.41, 5.74) is -2.41. The van der Waals surface area contributed by atoms with Crippen LogP contribution in [0.25, 0.3) is 16.0 Å². The minimum absolute atomic E-state index is 0.0665. The van der Waals surface area contributed by atoms with Gasteiger partial charge in [-0.2, -0.15) is 22.0 Å². The smallest absolute Gasteiger partial charge is 0.416 e. The number of hydrogen-bond donors (Lipinski definition) is 0. The molecule has 17 heteroatoms. The number of piperidine rings is 1. The van der Waals surface area contributed by atoms with E-state index in [1.807, 2.05) is 0 Å². The second-order valence-electron chi connectivity index (χ2n) is 12.7. The standard InChI is InChI=1S/C33H34F5N3O7S2/c1-19(22-8-6-7-9-23(22)32(34,35)36)47-26-17-27(49-28(26)29(42)46-5)41-18-39-24-11-10-20(16-25(24)41)33(37,38)50(44,45)21-12-14-40(15-13-21)30(43)48-31(2,3)4/h6-11,16-19,21H,12-15H2,1-5H3/t19-/m1/s1. The van der Waals surface area contributed by atoms with Crippen LogP contribution < -0.4 is 4.74 Å². The Hall–Kier alpha value is -4.25. The van der Waals surface area contributed by atoms with Gasteiger partial charge >= 0.3 is 23.5 Å². The molecule has 5 rings (SSSR count). The normalized spacial score (nSPS) is 15.6. The topological polar surface area (TPSA) is 117 Å². The van der Waals surface area contributed by atoms with E-state index in [1.165, 1.54) is 53.0 Å². The van der Waals surface area contributed by atoms with E-state index >= 15 is 8.78 Å². The van der Waals surface area contributed by atoms with Gasteiger partial charge in [-0.1, -0.05) is 18.2 Å². The zero-order valence-corrected chi connectivity index (χ0v) is 29.2. The number of benzene rings is 2. The molecule has 0 bridgehead atoms. The molecule has 2 aromatic heterocycles. The lowest BCUT2D eigenvalue weighted by molar-refractivity contribution is -0.139. The van der Waals surface area contributed by atoms with Gasteiger partial charge in [0.15, 0.2) is 4.88 Å². The van der Waals surface area contributed by atoms with Crippen LogP contribution >= 0.6 is 11.3 Å². The third-order valence-electron chi connectivity index (χ3n) is 8.07. The predicted octanol–water partition coefficient (Wildman–Crippen LogP) is 7.90. The lowest BCUT2D eigenvalue weighted by Gasteiger charge is -2.34. The summed E-state index contributed by atoms with van der Waals surface area (Å²) in [6, 6.07) is 9.34. The Morgan fingerprint density at radius 1 is 1.00 bits per heavy atom. The van der Waals surface area contributed by atoms with Crippen molar-refractivity contribution in [2.45, 2.75) is 68.9 Å². The van der Waals surface area contributed by atoms with Crippen molar-refractivity contribution in [3.05, 3.63) is 76.4 Å². The molecule has 0 spiro atoms. The van der Waals surface area contributed by atoms with Gasteiger partial charge in [0.1, 0.15) is 28.8 Å². The van der Waals surface area contributed by atoms with E-state index in [2.05, 4.69) is 4.98 Å². The Kier molecular flexibility index (Phi) is 9.97. The Morgan fingerprint density at radius 3 is 2.28 bits per heavy atom. The van der Waals surface area contributed by atoms with E-state index < -0.39 is 61.4 Å². The quantitative estimate of drug-likeness (QED) is 0.132. The highest BCUT2D eigenvalue weighted by atomic mass is 32.2. The van der Waals surface area contributed by atoms with Crippen LogP contribution in [-0.4, -0.2) is 66.0 Å². The van der Waals surface area contributed by atoms with Gasteiger partial charge in [-0.3, -0.25) is 4.57 Å². The van der Waals surface area contributed by atoms with E-state index in [9.17, 15) is 31.2 Å². The van der Waals surface area contributed by atoms with Crippen LogP contribution in [0.3, 0.4) is 0 Å². The average molecular weight is 744 g/mol. The highest BCUT2D eigenvalue weighted by Crippen LogP contribution is 2.42. The first-order valence-electron chi connectivity index (χ1n) is 15.4. The molecule has 1 atom stereocenters. The number of sulfone groups is 1. The van der Waals surface area contributed by atoms with Crippen molar-refractivity contribution in [2.75, 3.05) is 20.2 Å². The van der Waals surface area contributed by atoms with Gasteiger partial charge in [0, 0.05) is 30.3 Å². The minimum atomic E-state index is -5.10. The van der Waals surface area contributed by atoms with Gasteiger partial charge in [0.25, 0.3) is 0 Å². The van der Waals surface area contributed by atoms with Crippen molar-refractivity contribution in [1.82, 2.24) is 14.5 Å². The number of carbonyl (C=O) groups excluding carboxylic acids is 2. The molecule has 0 radical (unpaired) electrons. The van der Waals surface area contributed by atoms with Crippen LogP contribution in [0.15, 0.2) is 54.9 Å². The van der Waals surface area contributed by atoms with E-state index in [-0.39, 0.29) is 58.2 Å². The molecule has 0 saturated carbocycles. The minimum Gasteiger partial charge on any atom is -0.484 e. The number of thiophene rings is 1. The summed E-state index contributed by atoms with van der Waals surface area (Å²) in [5.74, 6) is -0.974. The lowest BCUT2D eigenvalue weighted by atomic mass is 10.0. The van der Waals surface area contributed by atoms with Crippen molar-refractivity contribution in [1.29, 1.82) is 0 Å². The fourth-order valence-corrected chi connectivity index (χ4v) is 8.28. The summed E-state index contributed by atoms with van der Waals surface area (Å²) in [5, 5.41) is -5.55. The van der Waals surface area contributed by atoms with Crippen molar-refractivity contribution < 1.29 is 54.2 Å². The molecule has 270 valence electrons. The number of methoxy groups -OCH3 is 1. The zero-order chi connectivity index (χ0) is 36.8. The Morgan fingerprint density at radius 2 is 1.66 bits per heavy atom. The Bertz CT molecular complexity index is 2010. The summed E-state index contributed by atoms with van der Waals surface area (Å²) in [7, 11) is -3.99. The number of alkyl halides is 5. The highest BCUT2D eigenvalue weighted by Gasteiger charge is 2.52. The number of aromatic nitrogens is 2. The van der Waals surface area contributed by atoms with E-state index in [4.69, 9.17) is 14.2 Å². The van der Waals surface area contributed by atoms with Gasteiger partial charge in [-0.05, 0) is 64.8 Å². The Labute approximate surface area is 288 Å². The predicted molar refractivity (Wildman–Crippen MR) is 174 cm³/mol. The van der Waals surface area contributed by atoms with Crippen LogP contribution in [0.4, 0.5) is 26.7 Å². The van der Waals surface area contributed by atoms with Crippen molar-refractivity contribution in [3.63, 3.8) is 0 Å². The maximum atomic E-state index is 15.9. The van der Waals surface area contributed by atoms with Gasteiger partial charge in [0.2, 0.25) is 9.84 Å². The van der Waals surface area contributed by atoms with Crippen molar-refractivity contribution >= 4 is 44.3 Å². The van der Waals surface area contributed by atoms with Crippen LogP contribution in [0.5, 0.6) is 5.75 Å². The van der Waals surface area contributed by atoms with Crippen molar-refractivity contribution in [2.24, 2.45) is 0 Å². The fourth-order valence-electron chi connectivity index (χ4n) is 5.58.